The SMILES string of the molecule is Nc1ccccc1NC(=O)c1ccc(CNC(=O)C(Cc2c[nH]c3ccccc23)NC(=O)Cc2cccnc2)cc1. The third-order valence-corrected chi connectivity index (χ3v) is 6.73. The predicted octanol–water partition coefficient (Wildman–Crippen LogP) is 3.98. The number of amides is 3. The largest absolute Gasteiger partial charge is 0.397 e. The lowest BCUT2D eigenvalue weighted by Crippen LogP contribution is -2.48. The molecule has 41 heavy (non-hydrogen) atoms. The van der Waals surface area contributed by atoms with E-state index < -0.39 is 6.04 Å². The van der Waals surface area contributed by atoms with Crippen molar-refractivity contribution in [3.05, 3.63) is 126 Å². The van der Waals surface area contributed by atoms with Gasteiger partial charge in [0.05, 0.1) is 17.8 Å². The second-order valence-corrected chi connectivity index (χ2v) is 9.68. The van der Waals surface area contributed by atoms with Crippen LogP contribution in [0.15, 0.2) is 104 Å². The number of anilines is 2. The molecule has 0 aliphatic carbocycles. The van der Waals surface area contributed by atoms with Crippen molar-refractivity contribution >= 4 is 40.0 Å². The average Bonchev–Trinajstić information content (AvgIpc) is 3.40. The van der Waals surface area contributed by atoms with Gasteiger partial charge in [-0.2, -0.15) is 0 Å². The molecule has 5 aromatic rings. The van der Waals surface area contributed by atoms with Crippen LogP contribution in [0, 0.1) is 0 Å². The molecule has 1 atom stereocenters. The number of nitrogens with two attached hydrogens (primary N) is 1. The molecule has 0 aliphatic rings. The third kappa shape index (κ3) is 6.96. The van der Waals surface area contributed by atoms with E-state index in [0.717, 1.165) is 27.6 Å². The molecule has 3 amide bonds. The topological polar surface area (TPSA) is 142 Å². The molecule has 2 heterocycles. The first-order valence-corrected chi connectivity index (χ1v) is 13.2. The number of pyridine rings is 1. The lowest BCUT2D eigenvalue weighted by Gasteiger charge is -2.19. The minimum absolute atomic E-state index is 0.115. The van der Waals surface area contributed by atoms with Gasteiger partial charge < -0.3 is 26.7 Å². The van der Waals surface area contributed by atoms with Crippen LogP contribution in [0.5, 0.6) is 0 Å². The summed E-state index contributed by atoms with van der Waals surface area (Å²) in [6, 6.07) is 24.6. The van der Waals surface area contributed by atoms with Crippen LogP contribution in [0.25, 0.3) is 10.9 Å². The monoisotopic (exact) mass is 546 g/mol. The average molecular weight is 547 g/mol. The number of carbonyl (C=O) groups excluding carboxylic acids is 3. The van der Waals surface area contributed by atoms with Crippen LogP contribution in [0.2, 0.25) is 0 Å². The minimum atomic E-state index is -0.792. The number of nitrogens with one attached hydrogen (secondary N) is 4. The summed E-state index contributed by atoms with van der Waals surface area (Å²) in [5, 5.41) is 9.63. The van der Waals surface area contributed by atoms with Gasteiger partial charge in [-0.1, -0.05) is 48.5 Å². The number of H-pyrrole nitrogens is 1. The Bertz CT molecular complexity index is 1660. The Morgan fingerprint density at radius 3 is 2.44 bits per heavy atom. The molecule has 0 saturated heterocycles. The minimum Gasteiger partial charge on any atom is -0.397 e. The first-order chi connectivity index (χ1) is 20.0. The van der Waals surface area contributed by atoms with Gasteiger partial charge in [-0.05, 0) is 53.1 Å². The van der Waals surface area contributed by atoms with Crippen molar-refractivity contribution in [2.75, 3.05) is 11.1 Å². The molecule has 9 nitrogen and oxygen atoms in total. The maximum Gasteiger partial charge on any atom is 0.255 e. The lowest BCUT2D eigenvalue weighted by atomic mass is 10.0. The van der Waals surface area contributed by atoms with Crippen molar-refractivity contribution < 1.29 is 14.4 Å². The van der Waals surface area contributed by atoms with Crippen molar-refractivity contribution in [3.8, 4) is 0 Å². The fourth-order valence-corrected chi connectivity index (χ4v) is 4.55. The molecule has 0 radical (unpaired) electrons. The maximum atomic E-state index is 13.4. The highest BCUT2D eigenvalue weighted by Crippen LogP contribution is 2.20. The highest BCUT2D eigenvalue weighted by Gasteiger charge is 2.23. The summed E-state index contributed by atoms with van der Waals surface area (Å²) in [5.74, 6) is -0.864. The standard InChI is InChI=1S/C32H30N6O3/c33-26-8-2-4-10-28(26)38-31(40)23-13-11-21(12-14-23)19-36-32(41)29(37-30(39)16-22-6-5-15-34-18-22)17-24-20-35-27-9-3-1-7-25(24)27/h1-15,18,20,29,35H,16-17,19,33H2,(H,36,41)(H,37,39)(H,38,40). The van der Waals surface area contributed by atoms with E-state index >= 15 is 0 Å². The van der Waals surface area contributed by atoms with Crippen LogP contribution in [0.3, 0.4) is 0 Å². The van der Waals surface area contributed by atoms with Gasteiger partial charge in [0, 0.05) is 48.0 Å². The predicted molar refractivity (Wildman–Crippen MR) is 159 cm³/mol. The smallest absolute Gasteiger partial charge is 0.255 e. The molecule has 6 N–H and O–H groups in total. The molecule has 0 saturated carbocycles. The normalized spacial score (nSPS) is 11.5. The van der Waals surface area contributed by atoms with Crippen molar-refractivity contribution in [1.82, 2.24) is 20.6 Å². The number of carbonyl (C=O) groups is 3. The molecule has 2 aromatic heterocycles. The van der Waals surface area contributed by atoms with E-state index in [2.05, 4.69) is 25.9 Å². The molecule has 0 bridgehead atoms. The van der Waals surface area contributed by atoms with Gasteiger partial charge >= 0.3 is 0 Å². The van der Waals surface area contributed by atoms with Gasteiger partial charge in [0.25, 0.3) is 5.91 Å². The van der Waals surface area contributed by atoms with Crippen molar-refractivity contribution in [2.24, 2.45) is 0 Å². The number of nitrogen functional groups attached to an aromatic ring is 1. The molecule has 0 fully saturated rings. The van der Waals surface area contributed by atoms with Gasteiger partial charge in [0.2, 0.25) is 11.8 Å². The third-order valence-electron chi connectivity index (χ3n) is 6.73. The Labute approximate surface area is 237 Å². The summed E-state index contributed by atoms with van der Waals surface area (Å²) < 4.78 is 0. The maximum absolute atomic E-state index is 13.4. The van der Waals surface area contributed by atoms with Crippen molar-refractivity contribution in [2.45, 2.75) is 25.4 Å². The first-order valence-electron chi connectivity index (χ1n) is 13.2. The van der Waals surface area contributed by atoms with Gasteiger partial charge in [0.15, 0.2) is 0 Å². The van der Waals surface area contributed by atoms with E-state index in [4.69, 9.17) is 5.73 Å². The number of rotatable bonds is 10. The van der Waals surface area contributed by atoms with E-state index in [0.29, 0.717) is 23.4 Å². The number of benzene rings is 3. The van der Waals surface area contributed by atoms with Gasteiger partial charge in [-0.15, -0.1) is 0 Å². The number of para-hydroxylation sites is 3. The number of nitrogens with zero attached hydrogens (tertiary/aromatic N) is 1. The molecular weight excluding hydrogens is 516 g/mol. The second kappa shape index (κ2) is 12.6. The van der Waals surface area contributed by atoms with Crippen LogP contribution < -0.4 is 21.7 Å². The van der Waals surface area contributed by atoms with Crippen LogP contribution in [0.1, 0.15) is 27.0 Å². The number of aromatic amines is 1. The number of hydrogen-bond acceptors (Lipinski definition) is 5. The van der Waals surface area contributed by atoms with Gasteiger partial charge in [-0.25, -0.2) is 0 Å². The van der Waals surface area contributed by atoms with E-state index in [9.17, 15) is 14.4 Å². The molecule has 3 aromatic carbocycles. The van der Waals surface area contributed by atoms with E-state index in [1.54, 1.807) is 67.0 Å². The van der Waals surface area contributed by atoms with Crippen LogP contribution >= 0.6 is 0 Å². The van der Waals surface area contributed by atoms with E-state index in [1.165, 1.54) is 0 Å². The summed E-state index contributed by atoms with van der Waals surface area (Å²) in [7, 11) is 0. The molecule has 1 unspecified atom stereocenters. The highest BCUT2D eigenvalue weighted by atomic mass is 16.2. The van der Waals surface area contributed by atoms with Crippen LogP contribution in [-0.2, 0) is 29.0 Å². The number of fused-ring (bicyclic) bond motifs is 1. The molecule has 9 heteroatoms. The molecule has 0 spiro atoms. The van der Waals surface area contributed by atoms with Gasteiger partial charge in [-0.3, -0.25) is 19.4 Å². The zero-order valence-electron chi connectivity index (χ0n) is 22.3. The zero-order chi connectivity index (χ0) is 28.6. The summed E-state index contributed by atoms with van der Waals surface area (Å²) in [6.07, 6.45) is 5.57. The second-order valence-electron chi connectivity index (χ2n) is 9.68. The highest BCUT2D eigenvalue weighted by molar-refractivity contribution is 6.05. The fraction of sp³-hybridized carbons (Fsp3) is 0.125. The zero-order valence-corrected chi connectivity index (χ0v) is 22.3. The summed E-state index contributed by atoms with van der Waals surface area (Å²) in [6.45, 7) is 0.231. The lowest BCUT2D eigenvalue weighted by molar-refractivity contribution is -0.128. The number of aromatic nitrogens is 2. The van der Waals surface area contributed by atoms with Gasteiger partial charge in [0.1, 0.15) is 6.04 Å². The summed E-state index contributed by atoms with van der Waals surface area (Å²) in [4.78, 5) is 46.1. The number of hydrogen-bond donors (Lipinski definition) is 5. The van der Waals surface area contributed by atoms with E-state index in [1.807, 2.05) is 36.5 Å². The Balaban J connectivity index is 1.24. The molecule has 206 valence electrons. The van der Waals surface area contributed by atoms with Crippen molar-refractivity contribution in [3.63, 3.8) is 0 Å². The Kier molecular flexibility index (Phi) is 8.35. The Hall–Kier alpha value is -5.44. The summed E-state index contributed by atoms with van der Waals surface area (Å²) in [5.41, 5.74) is 10.9. The summed E-state index contributed by atoms with van der Waals surface area (Å²) >= 11 is 0. The van der Waals surface area contributed by atoms with Crippen LogP contribution in [-0.4, -0.2) is 33.7 Å². The van der Waals surface area contributed by atoms with Crippen molar-refractivity contribution in [1.29, 1.82) is 0 Å². The molecule has 0 aliphatic heterocycles. The Morgan fingerprint density at radius 1 is 0.878 bits per heavy atom. The fourth-order valence-electron chi connectivity index (χ4n) is 4.55. The molecule has 5 rings (SSSR count). The van der Waals surface area contributed by atoms with E-state index in [-0.39, 0.29) is 30.7 Å². The Morgan fingerprint density at radius 2 is 1.66 bits per heavy atom. The molecular formula is C32H30N6O3. The first kappa shape index (κ1) is 27.1. The van der Waals surface area contributed by atoms with Crippen LogP contribution in [0.4, 0.5) is 11.4 Å². The quantitative estimate of drug-likeness (QED) is 0.168.